The molecule has 0 aliphatic rings. The minimum absolute atomic E-state index is 0.232. The summed E-state index contributed by atoms with van der Waals surface area (Å²) in [6.07, 6.45) is 0. The second-order valence-electron chi connectivity index (χ2n) is 4.78. The quantitative estimate of drug-likeness (QED) is 0.758. The SMILES string of the molecule is Cc1sc2nc(-c3ccc(C(=O)O)cc3)nc(N)c2c1C. The van der Waals surface area contributed by atoms with Gasteiger partial charge in [-0.05, 0) is 31.5 Å². The molecule has 0 aliphatic heterocycles. The Morgan fingerprint density at radius 3 is 2.48 bits per heavy atom. The zero-order valence-electron chi connectivity index (χ0n) is 11.5. The molecule has 21 heavy (non-hydrogen) atoms. The molecule has 0 saturated carbocycles. The lowest BCUT2D eigenvalue weighted by Crippen LogP contribution is -1.98. The smallest absolute Gasteiger partial charge is 0.335 e. The Morgan fingerprint density at radius 1 is 1.19 bits per heavy atom. The first-order chi connectivity index (χ1) is 9.97. The summed E-state index contributed by atoms with van der Waals surface area (Å²) in [7, 11) is 0. The van der Waals surface area contributed by atoms with Crippen LogP contribution in [0.1, 0.15) is 20.8 Å². The number of carbonyl (C=O) groups is 1. The number of thiophene rings is 1. The zero-order valence-corrected chi connectivity index (χ0v) is 12.4. The molecule has 0 bridgehead atoms. The Bertz CT molecular complexity index is 853. The molecule has 3 aromatic rings. The van der Waals surface area contributed by atoms with Crippen LogP contribution < -0.4 is 5.73 Å². The molecule has 0 atom stereocenters. The van der Waals surface area contributed by atoms with E-state index in [0.29, 0.717) is 11.6 Å². The Balaban J connectivity index is 2.14. The van der Waals surface area contributed by atoms with Crippen molar-refractivity contribution in [1.29, 1.82) is 0 Å². The van der Waals surface area contributed by atoms with E-state index in [0.717, 1.165) is 21.3 Å². The molecule has 0 aliphatic carbocycles. The van der Waals surface area contributed by atoms with Crippen LogP contribution in [0.5, 0.6) is 0 Å². The third kappa shape index (κ3) is 2.23. The molecule has 0 spiro atoms. The molecular formula is C15H13N3O2S. The van der Waals surface area contributed by atoms with Gasteiger partial charge in [0.05, 0.1) is 10.9 Å². The second kappa shape index (κ2) is 4.82. The van der Waals surface area contributed by atoms with Crippen LogP contribution in [0.25, 0.3) is 21.6 Å². The van der Waals surface area contributed by atoms with Gasteiger partial charge in [0.1, 0.15) is 10.6 Å². The topological polar surface area (TPSA) is 89.1 Å². The number of rotatable bonds is 2. The Labute approximate surface area is 125 Å². The number of hydrogen-bond acceptors (Lipinski definition) is 5. The highest BCUT2D eigenvalue weighted by Crippen LogP contribution is 2.33. The Kier molecular flexibility index (Phi) is 3.10. The maximum atomic E-state index is 10.9. The van der Waals surface area contributed by atoms with Crippen LogP contribution in [-0.2, 0) is 0 Å². The lowest BCUT2D eigenvalue weighted by Gasteiger charge is -2.04. The van der Waals surface area contributed by atoms with Gasteiger partial charge in [-0.15, -0.1) is 11.3 Å². The van der Waals surface area contributed by atoms with E-state index in [4.69, 9.17) is 10.8 Å². The highest BCUT2D eigenvalue weighted by atomic mass is 32.1. The lowest BCUT2D eigenvalue weighted by atomic mass is 10.1. The van der Waals surface area contributed by atoms with E-state index in [2.05, 4.69) is 9.97 Å². The predicted molar refractivity (Wildman–Crippen MR) is 83.7 cm³/mol. The maximum Gasteiger partial charge on any atom is 0.335 e. The van der Waals surface area contributed by atoms with Gasteiger partial charge >= 0.3 is 5.97 Å². The van der Waals surface area contributed by atoms with Crippen LogP contribution in [0, 0.1) is 13.8 Å². The predicted octanol–water partition coefficient (Wildman–Crippen LogP) is 3.26. The van der Waals surface area contributed by atoms with Crippen LogP contribution in [0.4, 0.5) is 5.82 Å². The van der Waals surface area contributed by atoms with E-state index >= 15 is 0 Å². The van der Waals surface area contributed by atoms with Crippen LogP contribution in [0.3, 0.4) is 0 Å². The van der Waals surface area contributed by atoms with Gasteiger partial charge in [0, 0.05) is 10.4 Å². The molecule has 0 unspecified atom stereocenters. The number of carboxylic acids is 1. The molecule has 2 aromatic heterocycles. The van der Waals surface area contributed by atoms with E-state index in [9.17, 15) is 4.79 Å². The van der Waals surface area contributed by atoms with Gasteiger partial charge in [0.15, 0.2) is 5.82 Å². The van der Waals surface area contributed by atoms with Gasteiger partial charge in [0.2, 0.25) is 0 Å². The summed E-state index contributed by atoms with van der Waals surface area (Å²) >= 11 is 1.58. The van der Waals surface area contributed by atoms with Crippen molar-refractivity contribution in [3.63, 3.8) is 0 Å². The highest BCUT2D eigenvalue weighted by molar-refractivity contribution is 7.18. The van der Waals surface area contributed by atoms with Crippen molar-refractivity contribution in [2.75, 3.05) is 5.73 Å². The number of aromatic carboxylic acids is 1. The summed E-state index contributed by atoms with van der Waals surface area (Å²) in [5.74, 6) is 0.0132. The standard InChI is InChI=1S/C15H13N3O2S/c1-7-8(2)21-14-11(7)12(16)17-13(18-14)9-3-5-10(6-4-9)15(19)20/h3-6H,1-2H3,(H,19,20)(H2,16,17,18). The fourth-order valence-electron chi connectivity index (χ4n) is 2.17. The highest BCUT2D eigenvalue weighted by Gasteiger charge is 2.13. The van der Waals surface area contributed by atoms with Crippen molar-refractivity contribution in [3.8, 4) is 11.4 Å². The van der Waals surface area contributed by atoms with Crippen LogP contribution in [0.2, 0.25) is 0 Å². The number of benzene rings is 1. The molecule has 1 aromatic carbocycles. The number of nitrogens with zero attached hydrogens (tertiary/aromatic N) is 2. The Morgan fingerprint density at radius 2 is 1.86 bits per heavy atom. The molecule has 3 rings (SSSR count). The third-order valence-electron chi connectivity index (χ3n) is 3.45. The number of anilines is 1. The molecule has 0 radical (unpaired) electrons. The molecule has 3 N–H and O–H groups in total. The summed E-state index contributed by atoms with van der Waals surface area (Å²) < 4.78 is 0. The van der Waals surface area contributed by atoms with Gasteiger partial charge in [-0.25, -0.2) is 14.8 Å². The average Bonchev–Trinajstić information content (AvgIpc) is 2.74. The average molecular weight is 299 g/mol. The van der Waals surface area contributed by atoms with Crippen molar-refractivity contribution in [2.24, 2.45) is 0 Å². The maximum absolute atomic E-state index is 10.9. The number of aromatic nitrogens is 2. The minimum atomic E-state index is -0.957. The normalized spacial score (nSPS) is 11.0. The van der Waals surface area contributed by atoms with Gasteiger partial charge in [-0.1, -0.05) is 12.1 Å². The number of nitrogens with two attached hydrogens (primary N) is 1. The number of carboxylic acid groups (broad SMARTS) is 1. The van der Waals surface area contributed by atoms with Gasteiger partial charge in [0.25, 0.3) is 0 Å². The van der Waals surface area contributed by atoms with Crippen molar-refractivity contribution in [1.82, 2.24) is 9.97 Å². The van der Waals surface area contributed by atoms with E-state index in [1.807, 2.05) is 13.8 Å². The number of nitrogen functional groups attached to an aromatic ring is 1. The third-order valence-corrected chi connectivity index (χ3v) is 4.55. The van der Waals surface area contributed by atoms with Crippen LogP contribution >= 0.6 is 11.3 Å². The van der Waals surface area contributed by atoms with Crippen molar-refractivity contribution in [2.45, 2.75) is 13.8 Å². The van der Waals surface area contributed by atoms with Crippen LogP contribution in [0.15, 0.2) is 24.3 Å². The summed E-state index contributed by atoms with van der Waals surface area (Å²) in [4.78, 5) is 21.8. The minimum Gasteiger partial charge on any atom is -0.478 e. The Hall–Kier alpha value is -2.47. The molecule has 5 nitrogen and oxygen atoms in total. The van der Waals surface area contributed by atoms with E-state index in [-0.39, 0.29) is 5.56 Å². The monoisotopic (exact) mass is 299 g/mol. The van der Waals surface area contributed by atoms with Crippen molar-refractivity contribution < 1.29 is 9.90 Å². The lowest BCUT2D eigenvalue weighted by molar-refractivity contribution is 0.0697. The van der Waals surface area contributed by atoms with Crippen molar-refractivity contribution in [3.05, 3.63) is 40.3 Å². The summed E-state index contributed by atoms with van der Waals surface area (Å²) in [5.41, 5.74) is 8.14. The summed E-state index contributed by atoms with van der Waals surface area (Å²) in [6, 6.07) is 6.45. The first-order valence-electron chi connectivity index (χ1n) is 6.34. The van der Waals surface area contributed by atoms with Gasteiger partial charge in [-0.2, -0.15) is 0 Å². The summed E-state index contributed by atoms with van der Waals surface area (Å²) in [5, 5.41) is 9.82. The number of hydrogen-bond donors (Lipinski definition) is 2. The van der Waals surface area contributed by atoms with E-state index in [1.54, 1.807) is 23.5 Å². The van der Waals surface area contributed by atoms with E-state index < -0.39 is 5.97 Å². The van der Waals surface area contributed by atoms with Gasteiger partial charge < -0.3 is 10.8 Å². The van der Waals surface area contributed by atoms with Gasteiger partial charge in [-0.3, -0.25) is 0 Å². The van der Waals surface area contributed by atoms with E-state index in [1.165, 1.54) is 17.0 Å². The largest absolute Gasteiger partial charge is 0.478 e. The second-order valence-corrected chi connectivity index (χ2v) is 5.98. The van der Waals surface area contributed by atoms with Crippen LogP contribution in [-0.4, -0.2) is 21.0 Å². The molecule has 106 valence electrons. The first-order valence-corrected chi connectivity index (χ1v) is 7.16. The number of fused-ring (bicyclic) bond motifs is 1. The zero-order chi connectivity index (χ0) is 15.1. The van der Waals surface area contributed by atoms with Crippen molar-refractivity contribution >= 4 is 33.3 Å². The molecule has 0 fully saturated rings. The fourth-order valence-corrected chi connectivity index (χ4v) is 3.21. The number of aryl methyl sites for hydroxylation is 2. The molecule has 2 heterocycles. The molecule has 6 heteroatoms. The fraction of sp³-hybridized carbons (Fsp3) is 0.133. The summed E-state index contributed by atoms with van der Waals surface area (Å²) in [6.45, 7) is 4.04. The first kappa shape index (κ1) is 13.5. The molecular weight excluding hydrogens is 286 g/mol. The molecule has 0 amide bonds. The molecule has 0 saturated heterocycles.